The van der Waals surface area contributed by atoms with Crippen LogP contribution in [0.5, 0.6) is 0 Å². The van der Waals surface area contributed by atoms with Crippen LogP contribution in [0.4, 0.5) is 0 Å². The van der Waals surface area contributed by atoms with E-state index in [0.29, 0.717) is 19.3 Å². The Labute approximate surface area is 77.0 Å². The molecule has 74 valence electrons. The molecule has 0 aliphatic rings. The molecule has 1 heterocycles. The van der Waals surface area contributed by atoms with Crippen molar-refractivity contribution >= 4 is 0 Å². The molecule has 2 N–H and O–H groups in total. The van der Waals surface area contributed by atoms with Gasteiger partial charge >= 0.3 is 0 Å². The van der Waals surface area contributed by atoms with Gasteiger partial charge in [-0.3, -0.25) is 4.68 Å². The second-order valence-corrected chi connectivity index (χ2v) is 3.02. The number of aryl methyl sites for hydroxylation is 1. The Hall–Kier alpha value is -0.940. The molecule has 0 saturated heterocycles. The lowest BCUT2D eigenvalue weighted by Gasteiger charge is -2.08. The molecule has 0 radical (unpaired) electrons. The summed E-state index contributed by atoms with van der Waals surface area (Å²) < 4.78 is 1.64. The molecule has 1 aromatic heterocycles. The predicted molar refractivity (Wildman–Crippen MR) is 47.0 cm³/mol. The highest BCUT2D eigenvalue weighted by molar-refractivity contribution is 4.86. The number of aliphatic hydroxyl groups excluding tert-OH is 2. The standard InChI is InChI=1S/C8H15N3O2/c1-11-8(9-6-10-11)5-7(13)3-2-4-12/h6-7,12-13H,2-5H2,1H3. The van der Waals surface area contributed by atoms with Crippen molar-refractivity contribution in [2.45, 2.75) is 25.4 Å². The summed E-state index contributed by atoms with van der Waals surface area (Å²) in [7, 11) is 1.79. The highest BCUT2D eigenvalue weighted by atomic mass is 16.3. The molecule has 0 aliphatic heterocycles. The van der Waals surface area contributed by atoms with Crippen LogP contribution in [0, 0.1) is 0 Å². The van der Waals surface area contributed by atoms with Crippen molar-refractivity contribution in [3.63, 3.8) is 0 Å². The van der Waals surface area contributed by atoms with Gasteiger partial charge in [-0.25, -0.2) is 4.98 Å². The molecule has 0 spiro atoms. The first-order valence-electron chi connectivity index (χ1n) is 4.36. The van der Waals surface area contributed by atoms with Crippen LogP contribution >= 0.6 is 0 Å². The molecule has 5 nitrogen and oxygen atoms in total. The average Bonchev–Trinajstić information content (AvgIpc) is 2.48. The monoisotopic (exact) mass is 185 g/mol. The third-order valence-corrected chi connectivity index (χ3v) is 1.92. The lowest BCUT2D eigenvalue weighted by atomic mass is 10.1. The van der Waals surface area contributed by atoms with E-state index in [-0.39, 0.29) is 6.61 Å². The smallest absolute Gasteiger partial charge is 0.138 e. The highest BCUT2D eigenvalue weighted by Crippen LogP contribution is 2.03. The fourth-order valence-corrected chi connectivity index (χ4v) is 1.14. The van der Waals surface area contributed by atoms with E-state index in [2.05, 4.69) is 10.1 Å². The zero-order chi connectivity index (χ0) is 9.68. The van der Waals surface area contributed by atoms with Gasteiger partial charge in [0.05, 0.1) is 6.10 Å². The van der Waals surface area contributed by atoms with E-state index in [1.165, 1.54) is 6.33 Å². The minimum Gasteiger partial charge on any atom is -0.396 e. The Morgan fingerprint density at radius 1 is 1.62 bits per heavy atom. The summed E-state index contributed by atoms with van der Waals surface area (Å²) in [4.78, 5) is 3.99. The van der Waals surface area contributed by atoms with Crippen molar-refractivity contribution in [1.82, 2.24) is 14.8 Å². The Kier molecular flexibility index (Phi) is 3.85. The van der Waals surface area contributed by atoms with Gasteiger partial charge in [0.2, 0.25) is 0 Å². The molecule has 1 rings (SSSR count). The van der Waals surface area contributed by atoms with Crippen LogP contribution < -0.4 is 0 Å². The largest absolute Gasteiger partial charge is 0.396 e. The van der Waals surface area contributed by atoms with Gasteiger partial charge in [-0.15, -0.1) is 0 Å². The van der Waals surface area contributed by atoms with Crippen molar-refractivity contribution in [3.8, 4) is 0 Å². The summed E-state index contributed by atoms with van der Waals surface area (Å²) in [5, 5.41) is 21.9. The van der Waals surface area contributed by atoms with Crippen LogP contribution in [-0.2, 0) is 13.5 Å². The highest BCUT2D eigenvalue weighted by Gasteiger charge is 2.08. The van der Waals surface area contributed by atoms with Gasteiger partial charge in [-0.05, 0) is 12.8 Å². The number of hydrogen-bond donors (Lipinski definition) is 2. The maximum absolute atomic E-state index is 9.48. The van der Waals surface area contributed by atoms with E-state index < -0.39 is 6.10 Å². The first kappa shape index (κ1) is 10.1. The summed E-state index contributed by atoms with van der Waals surface area (Å²) in [6.45, 7) is 0.121. The Morgan fingerprint density at radius 2 is 2.38 bits per heavy atom. The van der Waals surface area contributed by atoms with E-state index in [1.54, 1.807) is 11.7 Å². The second kappa shape index (κ2) is 4.94. The molecule has 0 amide bonds. The molecule has 1 atom stereocenters. The number of aliphatic hydroxyl groups is 2. The van der Waals surface area contributed by atoms with Gasteiger partial charge in [0, 0.05) is 20.1 Å². The number of rotatable bonds is 5. The molecule has 0 saturated carbocycles. The Morgan fingerprint density at radius 3 is 2.92 bits per heavy atom. The number of hydrogen-bond acceptors (Lipinski definition) is 4. The van der Waals surface area contributed by atoms with Gasteiger partial charge in [-0.1, -0.05) is 0 Å². The van der Waals surface area contributed by atoms with Crippen LogP contribution in [-0.4, -0.2) is 37.7 Å². The van der Waals surface area contributed by atoms with Crippen LogP contribution in [0.15, 0.2) is 6.33 Å². The maximum Gasteiger partial charge on any atom is 0.138 e. The maximum atomic E-state index is 9.48. The SMILES string of the molecule is Cn1ncnc1CC(O)CCCO. The molecule has 0 aromatic carbocycles. The Bertz CT molecular complexity index is 249. The zero-order valence-corrected chi connectivity index (χ0v) is 7.72. The van der Waals surface area contributed by atoms with Crippen molar-refractivity contribution in [2.75, 3.05) is 6.61 Å². The van der Waals surface area contributed by atoms with Crippen molar-refractivity contribution < 1.29 is 10.2 Å². The minimum absolute atomic E-state index is 0.121. The van der Waals surface area contributed by atoms with Crippen molar-refractivity contribution in [3.05, 3.63) is 12.2 Å². The van der Waals surface area contributed by atoms with Crippen LogP contribution in [0.3, 0.4) is 0 Å². The van der Waals surface area contributed by atoms with Gasteiger partial charge in [0.25, 0.3) is 0 Å². The Balaban J connectivity index is 2.36. The lowest BCUT2D eigenvalue weighted by Crippen LogP contribution is -2.14. The topological polar surface area (TPSA) is 71.2 Å². The molecule has 0 fully saturated rings. The molecule has 0 aliphatic carbocycles. The van der Waals surface area contributed by atoms with E-state index in [9.17, 15) is 5.11 Å². The quantitative estimate of drug-likeness (QED) is 0.648. The van der Waals surface area contributed by atoms with E-state index >= 15 is 0 Å². The van der Waals surface area contributed by atoms with Gasteiger partial charge in [0.1, 0.15) is 12.2 Å². The fourth-order valence-electron chi connectivity index (χ4n) is 1.14. The first-order chi connectivity index (χ1) is 6.24. The molecule has 0 bridgehead atoms. The molecule has 1 aromatic rings. The zero-order valence-electron chi connectivity index (χ0n) is 7.72. The normalized spacial score (nSPS) is 13.2. The summed E-state index contributed by atoms with van der Waals surface area (Å²) in [5.74, 6) is 0.769. The average molecular weight is 185 g/mol. The molecule has 13 heavy (non-hydrogen) atoms. The third kappa shape index (κ3) is 3.12. The molecule has 1 unspecified atom stereocenters. The van der Waals surface area contributed by atoms with Gasteiger partial charge in [0.15, 0.2) is 0 Å². The van der Waals surface area contributed by atoms with Gasteiger partial charge < -0.3 is 10.2 Å². The van der Waals surface area contributed by atoms with E-state index in [4.69, 9.17) is 5.11 Å². The molecule has 5 heteroatoms. The van der Waals surface area contributed by atoms with E-state index in [0.717, 1.165) is 5.82 Å². The van der Waals surface area contributed by atoms with Crippen LogP contribution in [0.2, 0.25) is 0 Å². The minimum atomic E-state index is -0.435. The van der Waals surface area contributed by atoms with Crippen molar-refractivity contribution in [2.24, 2.45) is 7.05 Å². The lowest BCUT2D eigenvalue weighted by molar-refractivity contribution is 0.147. The second-order valence-electron chi connectivity index (χ2n) is 3.02. The summed E-state index contributed by atoms with van der Waals surface area (Å²) in [6, 6.07) is 0. The summed E-state index contributed by atoms with van der Waals surface area (Å²) in [6.07, 6.45) is 2.75. The predicted octanol–water partition coefficient (Wildman–Crippen LogP) is -0.509. The molecular weight excluding hydrogens is 170 g/mol. The van der Waals surface area contributed by atoms with Gasteiger partial charge in [-0.2, -0.15) is 5.10 Å². The third-order valence-electron chi connectivity index (χ3n) is 1.92. The summed E-state index contributed by atoms with van der Waals surface area (Å²) in [5.41, 5.74) is 0. The van der Waals surface area contributed by atoms with Crippen molar-refractivity contribution in [1.29, 1.82) is 0 Å². The van der Waals surface area contributed by atoms with Crippen LogP contribution in [0.25, 0.3) is 0 Å². The van der Waals surface area contributed by atoms with E-state index in [1.807, 2.05) is 0 Å². The number of nitrogens with zero attached hydrogens (tertiary/aromatic N) is 3. The summed E-state index contributed by atoms with van der Waals surface area (Å²) >= 11 is 0. The first-order valence-corrected chi connectivity index (χ1v) is 4.36. The van der Waals surface area contributed by atoms with Crippen LogP contribution in [0.1, 0.15) is 18.7 Å². The molecular formula is C8H15N3O2. The fraction of sp³-hybridized carbons (Fsp3) is 0.750. The number of aromatic nitrogens is 3.